The average Bonchev–Trinajstić information content (AvgIpc) is 0. The van der Waals surface area contributed by atoms with Gasteiger partial charge in [0.2, 0.25) is 0 Å². The fraction of sp³-hybridized carbons (Fsp3) is 0. The van der Waals surface area contributed by atoms with Gasteiger partial charge in [-0.05, 0) is 0 Å². The van der Waals surface area contributed by atoms with Gasteiger partial charge < -0.3 is 0 Å². The van der Waals surface area contributed by atoms with Crippen LogP contribution in [0.2, 0.25) is 0 Å². The Kier molecular flexibility index (Phi) is 287. The molecule has 0 atom stereocenters. The molecule has 0 bridgehead atoms. The first-order chi connectivity index (χ1) is 0. The number of hydrogen-bond acceptors (Lipinski definition) is 0. The largest absolute Gasteiger partial charge is 0 e. The molecule has 0 fully saturated rings. The van der Waals surface area contributed by atoms with Crippen LogP contribution in [-0.2, 0) is 87.1 Å². The molecule has 37 valence electrons. The smallest absolute Gasteiger partial charge is 0 e. The summed E-state index contributed by atoms with van der Waals surface area (Å²) >= 11 is 0. The summed E-state index contributed by atoms with van der Waals surface area (Å²) in [7, 11) is 0. The van der Waals surface area contributed by atoms with Crippen molar-refractivity contribution in [3.63, 3.8) is 0 Å². The summed E-state index contributed by atoms with van der Waals surface area (Å²) in [6, 6.07) is 0. The molecular formula is CrCuFeMnV. The maximum atomic E-state index is 0. The van der Waals surface area contributed by atoms with Gasteiger partial charge in [-0.25, -0.2) is 0 Å². The Morgan fingerprint density at radius 3 is 1.00 bits per heavy atom. The molecule has 0 spiro atoms. The van der Waals surface area contributed by atoms with Gasteiger partial charge in [-0.3, -0.25) is 0 Å². The summed E-state index contributed by atoms with van der Waals surface area (Å²) in [6.07, 6.45) is 0. The molecule has 0 aromatic heterocycles. The second-order valence-corrected chi connectivity index (χ2v) is 0. The van der Waals surface area contributed by atoms with Crippen LogP contribution in [0.25, 0.3) is 0 Å². The van der Waals surface area contributed by atoms with Crippen LogP contribution in [0, 0.1) is 0 Å². The molecule has 0 aliphatic heterocycles. The standard InChI is InChI=1S/Cr.Cu.Fe.Mn.V. The number of rotatable bonds is 0. The molecule has 0 rings (SSSR count). The summed E-state index contributed by atoms with van der Waals surface area (Å²) in [5.74, 6) is 0. The fourth-order valence-corrected chi connectivity index (χ4v) is 0. The van der Waals surface area contributed by atoms with Gasteiger partial charge >= 0.3 is 0 Å². The summed E-state index contributed by atoms with van der Waals surface area (Å²) in [4.78, 5) is 0. The minimum absolute atomic E-state index is 0. The molecule has 0 aliphatic rings. The van der Waals surface area contributed by atoms with Crippen LogP contribution in [0.1, 0.15) is 0 Å². The first kappa shape index (κ1) is 47.8. The first-order valence-corrected chi connectivity index (χ1v) is 0. The van der Waals surface area contributed by atoms with E-state index >= 15 is 0 Å². The molecule has 0 amide bonds. The maximum absolute atomic E-state index is 0. The van der Waals surface area contributed by atoms with E-state index in [9.17, 15) is 0 Å². The Hall–Kier alpha value is 2.68. The SMILES string of the molecule is [Cr].[Cu].[Fe].[Mn].[V]. The van der Waals surface area contributed by atoms with E-state index in [2.05, 4.69) is 0 Å². The quantitative estimate of drug-likeness (QED) is 0.546. The minimum Gasteiger partial charge on any atom is 0 e. The van der Waals surface area contributed by atoms with E-state index in [1.165, 1.54) is 0 Å². The van der Waals surface area contributed by atoms with Gasteiger partial charge in [0.15, 0.2) is 0 Å². The van der Waals surface area contributed by atoms with Crippen molar-refractivity contribution in [3.05, 3.63) is 0 Å². The van der Waals surface area contributed by atoms with Gasteiger partial charge in [0.1, 0.15) is 0 Å². The normalized spacial score (nSPS) is 0. The molecule has 0 N–H and O–H groups in total. The van der Waals surface area contributed by atoms with E-state index in [1.54, 1.807) is 0 Å². The molecule has 5 heavy (non-hydrogen) atoms. The third kappa shape index (κ3) is 20.4. The van der Waals surface area contributed by atoms with E-state index in [1.807, 2.05) is 0 Å². The van der Waals surface area contributed by atoms with Crippen molar-refractivity contribution < 1.29 is 87.1 Å². The predicted octanol–water partition coefficient (Wildman–Crippen LogP) is -0.0125. The molecule has 0 unspecified atom stereocenters. The van der Waals surface area contributed by atoms with Crippen molar-refractivity contribution >= 4 is 0 Å². The van der Waals surface area contributed by atoms with Gasteiger partial charge in [-0.15, -0.1) is 0 Å². The monoisotopic (exact) mass is 277 g/mol. The average molecular weight is 277 g/mol. The van der Waals surface area contributed by atoms with Crippen molar-refractivity contribution in [2.75, 3.05) is 0 Å². The summed E-state index contributed by atoms with van der Waals surface area (Å²) in [5, 5.41) is 0. The van der Waals surface area contributed by atoms with E-state index in [0.29, 0.717) is 0 Å². The van der Waals surface area contributed by atoms with Crippen LogP contribution in [0.4, 0.5) is 0 Å². The second kappa shape index (κ2) is 30.0. The Morgan fingerprint density at radius 2 is 1.00 bits per heavy atom. The molecule has 0 saturated carbocycles. The van der Waals surface area contributed by atoms with Gasteiger partial charge in [-0.1, -0.05) is 0 Å². The Bertz CT molecular complexity index is 11.6. The first-order valence-electron chi connectivity index (χ1n) is 0. The Balaban J connectivity index is 0. The van der Waals surface area contributed by atoms with Crippen molar-refractivity contribution in [1.82, 2.24) is 0 Å². The van der Waals surface area contributed by atoms with Gasteiger partial charge in [0.25, 0.3) is 0 Å². The molecule has 3 radical (unpaired) electrons. The van der Waals surface area contributed by atoms with Crippen molar-refractivity contribution in [2.24, 2.45) is 0 Å². The van der Waals surface area contributed by atoms with Crippen LogP contribution < -0.4 is 0 Å². The second-order valence-electron chi connectivity index (χ2n) is 0. The topological polar surface area (TPSA) is 0 Å². The summed E-state index contributed by atoms with van der Waals surface area (Å²) < 4.78 is 0. The predicted molar refractivity (Wildman–Crippen MR) is 0 cm³/mol. The zero-order chi connectivity index (χ0) is 0. The van der Waals surface area contributed by atoms with Gasteiger partial charge in [0.05, 0.1) is 0 Å². The van der Waals surface area contributed by atoms with E-state index in [-0.39, 0.29) is 87.1 Å². The molecule has 0 nitrogen and oxygen atoms in total. The number of hydrogen-bond donors (Lipinski definition) is 0. The van der Waals surface area contributed by atoms with E-state index in [4.69, 9.17) is 0 Å². The molecular weight excluding hydrogens is 277 g/mol. The third-order valence-electron chi connectivity index (χ3n) is 0. The Morgan fingerprint density at radius 1 is 1.00 bits per heavy atom. The summed E-state index contributed by atoms with van der Waals surface area (Å²) in [6.45, 7) is 0. The third-order valence-corrected chi connectivity index (χ3v) is 0. The van der Waals surface area contributed by atoms with Crippen molar-refractivity contribution in [3.8, 4) is 0 Å². The zero-order valence-corrected chi connectivity index (χ0v) is 7.79. The summed E-state index contributed by atoms with van der Waals surface area (Å²) in [5.41, 5.74) is 0. The molecule has 5 heteroatoms. The van der Waals surface area contributed by atoms with Crippen LogP contribution in [0.5, 0.6) is 0 Å². The minimum atomic E-state index is 0. The van der Waals surface area contributed by atoms with Crippen molar-refractivity contribution in [1.29, 1.82) is 0 Å². The van der Waals surface area contributed by atoms with Crippen molar-refractivity contribution in [2.45, 2.75) is 0 Å². The molecule has 0 aromatic carbocycles. The van der Waals surface area contributed by atoms with Crippen LogP contribution in [-0.4, -0.2) is 0 Å². The van der Waals surface area contributed by atoms with E-state index in [0.717, 1.165) is 0 Å². The maximum Gasteiger partial charge on any atom is 0 e. The van der Waals surface area contributed by atoms with E-state index < -0.39 is 0 Å². The van der Waals surface area contributed by atoms with Gasteiger partial charge in [-0.2, -0.15) is 0 Å². The van der Waals surface area contributed by atoms with Gasteiger partial charge in [0, 0.05) is 87.1 Å². The molecule has 0 heterocycles. The Labute approximate surface area is 86.0 Å². The zero-order valence-electron chi connectivity index (χ0n) is 1.89. The van der Waals surface area contributed by atoms with Crippen LogP contribution >= 0.6 is 0 Å². The van der Waals surface area contributed by atoms with Crippen LogP contribution in [0.3, 0.4) is 0 Å². The molecule has 0 saturated heterocycles. The molecule has 0 aromatic rings. The fourth-order valence-electron chi connectivity index (χ4n) is 0. The van der Waals surface area contributed by atoms with Crippen LogP contribution in [0.15, 0.2) is 0 Å². The molecule has 0 aliphatic carbocycles.